The van der Waals surface area contributed by atoms with Gasteiger partial charge in [0.05, 0.1) is 18.8 Å². The molecule has 142 valence electrons. The number of pyridine rings is 1. The number of hydrogen-bond acceptors (Lipinski definition) is 5. The SMILES string of the molecule is Cc1ccc(CNC(=O)c2ccc(N3CCC4(CC3)OCCO4)nc2)cc1. The first-order chi connectivity index (χ1) is 13.1. The third kappa shape index (κ3) is 4.12. The van der Waals surface area contributed by atoms with Gasteiger partial charge in [0.1, 0.15) is 5.82 Å². The van der Waals surface area contributed by atoms with E-state index in [0.717, 1.165) is 37.3 Å². The van der Waals surface area contributed by atoms with Gasteiger partial charge < -0.3 is 19.7 Å². The first kappa shape index (κ1) is 17.9. The number of ether oxygens (including phenoxy) is 2. The summed E-state index contributed by atoms with van der Waals surface area (Å²) in [6, 6.07) is 11.9. The summed E-state index contributed by atoms with van der Waals surface area (Å²) in [5.41, 5.74) is 2.86. The first-order valence-corrected chi connectivity index (χ1v) is 9.46. The van der Waals surface area contributed by atoms with E-state index in [1.807, 2.05) is 43.3 Å². The molecule has 6 nitrogen and oxygen atoms in total. The zero-order valence-electron chi connectivity index (χ0n) is 15.6. The number of carbonyl (C=O) groups is 1. The maximum absolute atomic E-state index is 12.3. The second-order valence-electron chi connectivity index (χ2n) is 7.17. The Labute approximate surface area is 159 Å². The molecule has 1 amide bonds. The van der Waals surface area contributed by atoms with Crippen molar-refractivity contribution in [3.63, 3.8) is 0 Å². The third-order valence-electron chi connectivity index (χ3n) is 5.25. The fourth-order valence-corrected chi connectivity index (χ4v) is 3.56. The van der Waals surface area contributed by atoms with Crippen LogP contribution in [0.15, 0.2) is 42.6 Å². The second-order valence-corrected chi connectivity index (χ2v) is 7.17. The van der Waals surface area contributed by atoms with Crippen LogP contribution in [0.4, 0.5) is 5.82 Å². The Kier molecular flexibility index (Phi) is 5.09. The van der Waals surface area contributed by atoms with Crippen LogP contribution in [0.1, 0.15) is 34.3 Å². The summed E-state index contributed by atoms with van der Waals surface area (Å²) in [7, 11) is 0. The van der Waals surface area contributed by atoms with Gasteiger partial charge in [-0.3, -0.25) is 4.79 Å². The van der Waals surface area contributed by atoms with Gasteiger partial charge in [0.25, 0.3) is 5.91 Å². The Morgan fingerprint density at radius 1 is 1.11 bits per heavy atom. The normalized spacial score (nSPS) is 18.6. The van der Waals surface area contributed by atoms with Gasteiger partial charge in [-0.25, -0.2) is 4.98 Å². The molecule has 0 bridgehead atoms. The lowest BCUT2D eigenvalue weighted by Crippen LogP contribution is -2.45. The van der Waals surface area contributed by atoms with Crippen LogP contribution in [0.25, 0.3) is 0 Å². The fourth-order valence-electron chi connectivity index (χ4n) is 3.56. The van der Waals surface area contributed by atoms with Gasteiger partial charge in [-0.2, -0.15) is 0 Å². The highest BCUT2D eigenvalue weighted by atomic mass is 16.7. The van der Waals surface area contributed by atoms with Gasteiger partial charge in [-0.1, -0.05) is 29.8 Å². The van der Waals surface area contributed by atoms with E-state index < -0.39 is 0 Å². The van der Waals surface area contributed by atoms with Gasteiger partial charge >= 0.3 is 0 Å². The Morgan fingerprint density at radius 2 is 1.81 bits per heavy atom. The molecule has 2 aliphatic rings. The minimum Gasteiger partial charge on any atom is -0.356 e. The second kappa shape index (κ2) is 7.66. The number of anilines is 1. The highest BCUT2D eigenvalue weighted by molar-refractivity contribution is 5.94. The monoisotopic (exact) mass is 367 g/mol. The quantitative estimate of drug-likeness (QED) is 0.900. The van der Waals surface area contributed by atoms with Crippen LogP contribution in [0.3, 0.4) is 0 Å². The average Bonchev–Trinajstić information content (AvgIpc) is 3.16. The highest BCUT2D eigenvalue weighted by Gasteiger charge is 2.39. The minimum absolute atomic E-state index is 0.111. The van der Waals surface area contributed by atoms with E-state index in [0.29, 0.717) is 25.3 Å². The van der Waals surface area contributed by atoms with Crippen molar-refractivity contribution in [2.75, 3.05) is 31.2 Å². The molecule has 2 aromatic rings. The summed E-state index contributed by atoms with van der Waals surface area (Å²) >= 11 is 0. The molecular formula is C21H25N3O3. The molecule has 0 unspecified atom stereocenters. The minimum atomic E-state index is -0.383. The Hall–Kier alpha value is -2.44. The highest BCUT2D eigenvalue weighted by Crippen LogP contribution is 2.32. The number of aromatic nitrogens is 1. The number of rotatable bonds is 4. The number of piperidine rings is 1. The molecule has 2 saturated heterocycles. The average molecular weight is 367 g/mol. The van der Waals surface area contributed by atoms with Crippen molar-refractivity contribution in [3.8, 4) is 0 Å². The molecule has 1 N–H and O–H groups in total. The molecule has 2 aliphatic heterocycles. The van der Waals surface area contributed by atoms with Crippen molar-refractivity contribution in [3.05, 3.63) is 59.3 Å². The van der Waals surface area contributed by atoms with Crippen LogP contribution in [-0.2, 0) is 16.0 Å². The molecule has 1 spiro atoms. The number of nitrogens with one attached hydrogen (secondary N) is 1. The molecule has 1 aromatic carbocycles. The van der Waals surface area contributed by atoms with Crippen LogP contribution in [0, 0.1) is 6.92 Å². The standard InChI is InChI=1S/C21H25N3O3/c1-16-2-4-17(5-3-16)14-23-20(25)18-6-7-19(22-15-18)24-10-8-21(9-11-24)26-12-13-27-21/h2-7,15H,8-14H2,1H3,(H,23,25). The molecule has 0 radical (unpaired) electrons. The smallest absolute Gasteiger partial charge is 0.253 e. The van der Waals surface area contributed by atoms with E-state index in [9.17, 15) is 4.79 Å². The number of nitrogens with zero attached hydrogens (tertiary/aromatic N) is 2. The molecule has 0 saturated carbocycles. The lowest BCUT2D eigenvalue weighted by Gasteiger charge is -2.38. The van der Waals surface area contributed by atoms with Crippen LogP contribution in [0.2, 0.25) is 0 Å². The predicted molar refractivity (Wildman–Crippen MR) is 103 cm³/mol. The van der Waals surface area contributed by atoms with Gasteiger partial charge in [0.15, 0.2) is 5.79 Å². The number of carbonyl (C=O) groups excluding carboxylic acids is 1. The van der Waals surface area contributed by atoms with E-state index in [1.54, 1.807) is 6.20 Å². The molecule has 0 atom stereocenters. The maximum Gasteiger partial charge on any atom is 0.253 e. The summed E-state index contributed by atoms with van der Waals surface area (Å²) in [6.07, 6.45) is 3.33. The van der Waals surface area contributed by atoms with Gasteiger partial charge in [0, 0.05) is 38.7 Å². The van der Waals surface area contributed by atoms with Crippen molar-refractivity contribution in [2.24, 2.45) is 0 Å². The van der Waals surface area contributed by atoms with E-state index in [1.165, 1.54) is 5.56 Å². The maximum atomic E-state index is 12.3. The summed E-state index contributed by atoms with van der Waals surface area (Å²) in [6.45, 7) is 5.61. The summed E-state index contributed by atoms with van der Waals surface area (Å²) in [5, 5.41) is 2.94. The molecule has 6 heteroatoms. The molecular weight excluding hydrogens is 342 g/mol. The first-order valence-electron chi connectivity index (χ1n) is 9.46. The number of aryl methyl sites for hydroxylation is 1. The molecule has 0 aliphatic carbocycles. The fraction of sp³-hybridized carbons (Fsp3) is 0.429. The Morgan fingerprint density at radius 3 is 2.44 bits per heavy atom. The predicted octanol–water partition coefficient (Wildman–Crippen LogP) is 2.66. The number of hydrogen-bond donors (Lipinski definition) is 1. The van der Waals surface area contributed by atoms with Gasteiger partial charge in [-0.15, -0.1) is 0 Å². The number of amides is 1. The Balaban J connectivity index is 1.32. The lowest BCUT2D eigenvalue weighted by atomic mass is 10.0. The van der Waals surface area contributed by atoms with Crippen LogP contribution in [-0.4, -0.2) is 43.0 Å². The van der Waals surface area contributed by atoms with E-state index >= 15 is 0 Å². The molecule has 27 heavy (non-hydrogen) atoms. The van der Waals surface area contributed by atoms with Crippen molar-refractivity contribution in [1.29, 1.82) is 0 Å². The summed E-state index contributed by atoms with van der Waals surface area (Å²) in [5.74, 6) is 0.393. The summed E-state index contributed by atoms with van der Waals surface area (Å²) < 4.78 is 11.5. The van der Waals surface area contributed by atoms with Crippen molar-refractivity contribution >= 4 is 11.7 Å². The zero-order valence-corrected chi connectivity index (χ0v) is 15.6. The van der Waals surface area contributed by atoms with Crippen LogP contribution >= 0.6 is 0 Å². The molecule has 4 rings (SSSR count). The summed E-state index contributed by atoms with van der Waals surface area (Å²) in [4.78, 5) is 19.0. The molecule has 1 aromatic heterocycles. The topological polar surface area (TPSA) is 63.7 Å². The van der Waals surface area contributed by atoms with E-state index in [-0.39, 0.29) is 11.7 Å². The van der Waals surface area contributed by atoms with Crippen LogP contribution < -0.4 is 10.2 Å². The van der Waals surface area contributed by atoms with Crippen molar-refractivity contribution in [2.45, 2.75) is 32.1 Å². The van der Waals surface area contributed by atoms with E-state index in [2.05, 4.69) is 15.2 Å². The third-order valence-corrected chi connectivity index (χ3v) is 5.25. The Bertz CT molecular complexity index is 773. The van der Waals surface area contributed by atoms with E-state index in [4.69, 9.17) is 9.47 Å². The van der Waals surface area contributed by atoms with Crippen LogP contribution in [0.5, 0.6) is 0 Å². The van der Waals surface area contributed by atoms with Crippen molar-refractivity contribution in [1.82, 2.24) is 10.3 Å². The number of benzene rings is 1. The van der Waals surface area contributed by atoms with Gasteiger partial charge in [-0.05, 0) is 24.6 Å². The van der Waals surface area contributed by atoms with Crippen molar-refractivity contribution < 1.29 is 14.3 Å². The zero-order chi connectivity index (χ0) is 18.7. The van der Waals surface area contributed by atoms with Gasteiger partial charge in [0.2, 0.25) is 0 Å². The molecule has 3 heterocycles. The largest absolute Gasteiger partial charge is 0.356 e. The molecule has 2 fully saturated rings. The lowest BCUT2D eigenvalue weighted by molar-refractivity contribution is -0.169.